The molecule has 0 amide bonds. The van der Waals surface area contributed by atoms with Crippen LogP contribution in [-0.2, 0) is 23.5 Å². The SMILES string of the molecule is Cn1ccc(CCNS(=O)(=O)c2ccc(Br)c(N)c2)n1. The van der Waals surface area contributed by atoms with Gasteiger partial charge in [-0.2, -0.15) is 5.10 Å². The summed E-state index contributed by atoms with van der Waals surface area (Å²) in [7, 11) is -1.73. The fourth-order valence-corrected chi connectivity index (χ4v) is 3.00. The molecule has 8 heteroatoms. The predicted molar refractivity (Wildman–Crippen MR) is 80.7 cm³/mol. The maximum Gasteiger partial charge on any atom is 0.240 e. The second-order valence-electron chi connectivity index (χ2n) is 4.31. The van der Waals surface area contributed by atoms with Crippen LogP contribution < -0.4 is 10.5 Å². The lowest BCUT2D eigenvalue weighted by atomic mass is 10.3. The van der Waals surface area contributed by atoms with Crippen LogP contribution >= 0.6 is 15.9 Å². The highest BCUT2D eigenvalue weighted by molar-refractivity contribution is 9.10. The molecule has 3 N–H and O–H groups in total. The van der Waals surface area contributed by atoms with E-state index in [0.29, 0.717) is 16.6 Å². The summed E-state index contributed by atoms with van der Waals surface area (Å²) < 4.78 is 29.0. The van der Waals surface area contributed by atoms with E-state index in [0.717, 1.165) is 5.69 Å². The van der Waals surface area contributed by atoms with Crippen LogP contribution in [0.1, 0.15) is 5.69 Å². The van der Waals surface area contributed by atoms with Gasteiger partial charge in [0.1, 0.15) is 0 Å². The average Bonchev–Trinajstić information content (AvgIpc) is 2.78. The van der Waals surface area contributed by atoms with Crippen molar-refractivity contribution >= 4 is 31.6 Å². The summed E-state index contributed by atoms with van der Waals surface area (Å²) in [4.78, 5) is 0.152. The minimum atomic E-state index is -3.55. The molecule has 1 aromatic carbocycles. The number of benzene rings is 1. The number of nitrogen functional groups attached to an aromatic ring is 1. The molecular formula is C12H15BrN4O2S. The van der Waals surface area contributed by atoms with E-state index in [1.54, 1.807) is 10.7 Å². The van der Waals surface area contributed by atoms with Gasteiger partial charge in [-0.25, -0.2) is 13.1 Å². The summed E-state index contributed by atoms with van der Waals surface area (Å²) in [5, 5.41) is 4.18. The third kappa shape index (κ3) is 3.59. The topological polar surface area (TPSA) is 90.0 Å². The summed E-state index contributed by atoms with van der Waals surface area (Å²) in [6, 6.07) is 6.39. The first-order chi connectivity index (χ1) is 9.38. The molecule has 0 bridgehead atoms. The minimum Gasteiger partial charge on any atom is -0.398 e. The number of anilines is 1. The van der Waals surface area contributed by atoms with Crippen molar-refractivity contribution in [2.24, 2.45) is 7.05 Å². The Balaban J connectivity index is 2.02. The number of sulfonamides is 1. The Kier molecular flexibility index (Phi) is 4.46. The number of hydrogen-bond donors (Lipinski definition) is 2. The smallest absolute Gasteiger partial charge is 0.240 e. The van der Waals surface area contributed by atoms with Crippen molar-refractivity contribution in [3.05, 3.63) is 40.6 Å². The Hall–Kier alpha value is -1.38. The fourth-order valence-electron chi connectivity index (χ4n) is 1.68. The average molecular weight is 359 g/mol. The lowest BCUT2D eigenvalue weighted by Gasteiger charge is -2.07. The molecule has 2 rings (SSSR count). The first-order valence-electron chi connectivity index (χ1n) is 5.92. The second-order valence-corrected chi connectivity index (χ2v) is 6.93. The van der Waals surface area contributed by atoms with E-state index in [1.807, 2.05) is 19.3 Å². The van der Waals surface area contributed by atoms with Crippen LogP contribution in [-0.4, -0.2) is 24.7 Å². The summed E-state index contributed by atoms with van der Waals surface area (Å²) >= 11 is 3.23. The second kappa shape index (κ2) is 5.94. The van der Waals surface area contributed by atoms with E-state index in [4.69, 9.17) is 5.73 Å². The molecule has 20 heavy (non-hydrogen) atoms. The van der Waals surface area contributed by atoms with E-state index in [2.05, 4.69) is 25.8 Å². The lowest BCUT2D eigenvalue weighted by Crippen LogP contribution is -2.26. The molecule has 0 unspecified atom stereocenters. The first kappa shape index (κ1) is 15.0. The third-order valence-corrected chi connectivity index (χ3v) is 4.90. The zero-order valence-corrected chi connectivity index (χ0v) is 13.3. The molecule has 1 heterocycles. The molecule has 2 aromatic rings. The van der Waals surface area contributed by atoms with Gasteiger partial charge in [0.25, 0.3) is 0 Å². The molecule has 0 aliphatic rings. The van der Waals surface area contributed by atoms with Crippen molar-refractivity contribution in [3.63, 3.8) is 0 Å². The van der Waals surface area contributed by atoms with E-state index in [9.17, 15) is 8.42 Å². The van der Waals surface area contributed by atoms with Crippen LogP contribution in [0.25, 0.3) is 0 Å². The van der Waals surface area contributed by atoms with Crippen molar-refractivity contribution in [2.45, 2.75) is 11.3 Å². The monoisotopic (exact) mass is 358 g/mol. The lowest BCUT2D eigenvalue weighted by molar-refractivity contribution is 0.581. The van der Waals surface area contributed by atoms with Crippen LogP contribution in [0, 0.1) is 0 Å². The highest BCUT2D eigenvalue weighted by atomic mass is 79.9. The van der Waals surface area contributed by atoms with E-state index >= 15 is 0 Å². The number of hydrogen-bond acceptors (Lipinski definition) is 4. The molecular weight excluding hydrogens is 344 g/mol. The maximum atomic E-state index is 12.1. The van der Waals surface area contributed by atoms with Gasteiger partial charge in [-0.15, -0.1) is 0 Å². The Labute approximate surface area is 126 Å². The largest absolute Gasteiger partial charge is 0.398 e. The summed E-state index contributed by atoms with van der Waals surface area (Å²) in [6.07, 6.45) is 2.35. The number of aromatic nitrogens is 2. The number of nitrogens with two attached hydrogens (primary N) is 1. The van der Waals surface area contributed by atoms with Crippen LogP contribution in [0.2, 0.25) is 0 Å². The summed E-state index contributed by atoms with van der Waals surface area (Å²) in [5.74, 6) is 0. The highest BCUT2D eigenvalue weighted by Crippen LogP contribution is 2.22. The Morgan fingerprint density at radius 3 is 2.75 bits per heavy atom. The number of halogens is 1. The zero-order valence-electron chi connectivity index (χ0n) is 10.9. The predicted octanol–water partition coefficient (Wildman–Crippen LogP) is 1.29. The quantitative estimate of drug-likeness (QED) is 0.787. The number of aryl methyl sites for hydroxylation is 1. The number of nitrogens with zero attached hydrogens (tertiary/aromatic N) is 2. The van der Waals surface area contributed by atoms with E-state index in [1.165, 1.54) is 12.1 Å². The maximum absolute atomic E-state index is 12.1. The van der Waals surface area contributed by atoms with Gasteiger partial charge in [0, 0.05) is 36.4 Å². The minimum absolute atomic E-state index is 0.152. The van der Waals surface area contributed by atoms with Crippen LogP contribution in [0.15, 0.2) is 39.8 Å². The van der Waals surface area contributed by atoms with Gasteiger partial charge in [-0.3, -0.25) is 4.68 Å². The Morgan fingerprint density at radius 1 is 1.40 bits per heavy atom. The van der Waals surface area contributed by atoms with Crippen molar-refractivity contribution in [1.82, 2.24) is 14.5 Å². The van der Waals surface area contributed by atoms with Gasteiger partial charge < -0.3 is 5.73 Å². The van der Waals surface area contributed by atoms with Crippen molar-refractivity contribution < 1.29 is 8.42 Å². The standard InChI is InChI=1S/C12H15BrN4O2S/c1-17-7-5-9(16-17)4-6-15-20(18,19)10-2-3-11(13)12(14)8-10/h2-3,5,7-8,15H,4,6,14H2,1H3. The summed E-state index contributed by atoms with van der Waals surface area (Å²) in [6.45, 7) is 0.287. The van der Waals surface area contributed by atoms with Gasteiger partial charge in [0.2, 0.25) is 10.0 Å². The van der Waals surface area contributed by atoms with E-state index in [-0.39, 0.29) is 11.4 Å². The molecule has 0 saturated carbocycles. The van der Waals surface area contributed by atoms with Gasteiger partial charge in [0.05, 0.1) is 10.6 Å². The molecule has 108 valence electrons. The van der Waals surface area contributed by atoms with Gasteiger partial charge >= 0.3 is 0 Å². The molecule has 0 aliphatic heterocycles. The van der Waals surface area contributed by atoms with Crippen LogP contribution in [0.3, 0.4) is 0 Å². The normalized spacial score (nSPS) is 11.7. The molecule has 6 nitrogen and oxygen atoms in total. The molecule has 0 fully saturated rings. The Bertz CT molecular complexity index is 712. The third-order valence-electron chi connectivity index (χ3n) is 2.72. The number of nitrogens with one attached hydrogen (secondary N) is 1. The molecule has 0 aliphatic carbocycles. The first-order valence-corrected chi connectivity index (χ1v) is 8.19. The van der Waals surface area contributed by atoms with Crippen molar-refractivity contribution in [2.75, 3.05) is 12.3 Å². The molecule has 0 radical (unpaired) electrons. The molecule has 0 spiro atoms. The van der Waals surface area contributed by atoms with Crippen LogP contribution in [0.4, 0.5) is 5.69 Å². The summed E-state index contributed by atoms with van der Waals surface area (Å²) in [5.41, 5.74) is 6.91. The molecule has 0 atom stereocenters. The fraction of sp³-hybridized carbons (Fsp3) is 0.250. The van der Waals surface area contributed by atoms with E-state index < -0.39 is 10.0 Å². The number of rotatable bonds is 5. The van der Waals surface area contributed by atoms with Crippen molar-refractivity contribution in [1.29, 1.82) is 0 Å². The van der Waals surface area contributed by atoms with Crippen molar-refractivity contribution in [3.8, 4) is 0 Å². The van der Waals surface area contributed by atoms with Crippen LogP contribution in [0.5, 0.6) is 0 Å². The molecule has 0 saturated heterocycles. The highest BCUT2D eigenvalue weighted by Gasteiger charge is 2.14. The molecule has 1 aromatic heterocycles. The van der Waals surface area contributed by atoms with Gasteiger partial charge in [0.15, 0.2) is 0 Å². The zero-order chi connectivity index (χ0) is 14.8. The van der Waals surface area contributed by atoms with Gasteiger partial charge in [-0.05, 0) is 40.2 Å². The Morgan fingerprint density at radius 2 is 2.15 bits per heavy atom. The van der Waals surface area contributed by atoms with Gasteiger partial charge in [-0.1, -0.05) is 0 Å².